The smallest absolute Gasteiger partial charge is 0.227 e. The SMILES string of the molecule is CCCCc1nc2ccc(NC(=O)C3CCNCC3)cc2[nH]1.Cl.Cl. The van der Waals surface area contributed by atoms with Crippen LogP contribution in [-0.2, 0) is 11.2 Å². The Labute approximate surface area is 155 Å². The van der Waals surface area contributed by atoms with Crippen molar-refractivity contribution >= 4 is 47.4 Å². The standard InChI is InChI=1S/C17H24N4O.2ClH/c1-2-3-4-16-20-14-6-5-13(11-15(14)21-16)19-17(22)12-7-9-18-10-8-12;;/h5-6,11-12,18H,2-4,7-10H2,1H3,(H,19,22)(H,20,21);2*1H. The zero-order chi connectivity index (χ0) is 15.4. The molecule has 1 fully saturated rings. The number of halogens is 2. The lowest BCUT2D eigenvalue weighted by Gasteiger charge is -2.21. The number of nitrogens with one attached hydrogen (secondary N) is 3. The largest absolute Gasteiger partial charge is 0.342 e. The van der Waals surface area contributed by atoms with E-state index < -0.39 is 0 Å². The molecule has 0 unspecified atom stereocenters. The summed E-state index contributed by atoms with van der Waals surface area (Å²) >= 11 is 0. The highest BCUT2D eigenvalue weighted by atomic mass is 35.5. The summed E-state index contributed by atoms with van der Waals surface area (Å²) in [6.45, 7) is 4.04. The van der Waals surface area contributed by atoms with Gasteiger partial charge in [-0.2, -0.15) is 0 Å². The van der Waals surface area contributed by atoms with Crippen LogP contribution in [0.1, 0.15) is 38.4 Å². The molecule has 2 heterocycles. The molecule has 0 spiro atoms. The second kappa shape index (κ2) is 9.87. The third kappa shape index (κ3) is 5.10. The van der Waals surface area contributed by atoms with Gasteiger partial charge in [0.1, 0.15) is 5.82 Å². The second-order valence-corrected chi connectivity index (χ2v) is 6.03. The van der Waals surface area contributed by atoms with Crippen molar-refractivity contribution in [3.63, 3.8) is 0 Å². The predicted octanol–water partition coefficient (Wildman–Crippen LogP) is 3.69. The Morgan fingerprint density at radius 3 is 2.75 bits per heavy atom. The third-order valence-electron chi connectivity index (χ3n) is 4.28. The highest BCUT2D eigenvalue weighted by Gasteiger charge is 2.20. The summed E-state index contributed by atoms with van der Waals surface area (Å²) in [7, 11) is 0. The summed E-state index contributed by atoms with van der Waals surface area (Å²) in [4.78, 5) is 20.2. The number of aryl methyl sites for hydroxylation is 1. The Kier molecular flexibility index (Phi) is 8.53. The minimum Gasteiger partial charge on any atom is -0.342 e. The number of rotatable bonds is 5. The fourth-order valence-corrected chi connectivity index (χ4v) is 2.93. The Morgan fingerprint density at radius 2 is 2.04 bits per heavy atom. The van der Waals surface area contributed by atoms with Crippen LogP contribution >= 0.6 is 24.8 Å². The number of piperidine rings is 1. The first kappa shape index (κ1) is 20.7. The normalized spacial score (nSPS) is 14.7. The van der Waals surface area contributed by atoms with Crippen LogP contribution in [0, 0.1) is 5.92 Å². The van der Waals surface area contributed by atoms with Crippen LogP contribution in [0.15, 0.2) is 18.2 Å². The van der Waals surface area contributed by atoms with Gasteiger partial charge in [-0.1, -0.05) is 13.3 Å². The van der Waals surface area contributed by atoms with Crippen molar-refractivity contribution in [3.05, 3.63) is 24.0 Å². The number of carbonyl (C=O) groups is 1. The van der Waals surface area contributed by atoms with E-state index in [0.29, 0.717) is 0 Å². The minimum atomic E-state index is 0. The van der Waals surface area contributed by atoms with Crippen molar-refractivity contribution in [2.45, 2.75) is 39.0 Å². The number of imidazole rings is 1. The topological polar surface area (TPSA) is 69.8 Å². The van der Waals surface area contributed by atoms with Crippen molar-refractivity contribution < 1.29 is 4.79 Å². The third-order valence-corrected chi connectivity index (χ3v) is 4.28. The molecular formula is C17H26Cl2N4O. The average Bonchev–Trinajstić information content (AvgIpc) is 2.95. The van der Waals surface area contributed by atoms with Gasteiger partial charge in [0.05, 0.1) is 11.0 Å². The van der Waals surface area contributed by atoms with Gasteiger partial charge in [0.15, 0.2) is 0 Å². The van der Waals surface area contributed by atoms with E-state index in [1.54, 1.807) is 0 Å². The molecule has 1 aliphatic heterocycles. The molecule has 3 N–H and O–H groups in total. The maximum Gasteiger partial charge on any atom is 0.227 e. The van der Waals surface area contributed by atoms with Gasteiger partial charge in [-0.05, 0) is 50.6 Å². The average molecular weight is 373 g/mol. The molecule has 1 aromatic heterocycles. The van der Waals surface area contributed by atoms with E-state index in [2.05, 4.69) is 27.5 Å². The number of aromatic amines is 1. The van der Waals surface area contributed by atoms with E-state index in [-0.39, 0.29) is 36.6 Å². The summed E-state index contributed by atoms with van der Waals surface area (Å²) < 4.78 is 0. The number of aromatic nitrogens is 2. The molecule has 24 heavy (non-hydrogen) atoms. The number of fused-ring (bicyclic) bond motifs is 1. The number of H-pyrrole nitrogens is 1. The van der Waals surface area contributed by atoms with Gasteiger partial charge in [-0.3, -0.25) is 4.79 Å². The van der Waals surface area contributed by atoms with Crippen molar-refractivity contribution in [1.82, 2.24) is 15.3 Å². The van der Waals surface area contributed by atoms with Gasteiger partial charge in [-0.15, -0.1) is 24.8 Å². The number of unbranched alkanes of at least 4 members (excludes halogenated alkanes) is 1. The summed E-state index contributed by atoms with van der Waals surface area (Å²) in [6, 6.07) is 5.89. The Morgan fingerprint density at radius 1 is 1.29 bits per heavy atom. The zero-order valence-electron chi connectivity index (χ0n) is 13.9. The highest BCUT2D eigenvalue weighted by molar-refractivity contribution is 5.94. The molecule has 0 aliphatic carbocycles. The lowest BCUT2D eigenvalue weighted by molar-refractivity contribution is -0.120. The van der Waals surface area contributed by atoms with Crippen molar-refractivity contribution in [1.29, 1.82) is 0 Å². The molecule has 5 nitrogen and oxygen atoms in total. The van der Waals surface area contributed by atoms with Gasteiger partial charge < -0.3 is 15.6 Å². The molecule has 0 bridgehead atoms. The summed E-state index contributed by atoms with van der Waals surface area (Å²) in [5, 5.41) is 6.33. The number of benzene rings is 1. The lowest BCUT2D eigenvalue weighted by Crippen LogP contribution is -2.34. The van der Waals surface area contributed by atoms with E-state index >= 15 is 0 Å². The number of carbonyl (C=O) groups excluding carboxylic acids is 1. The summed E-state index contributed by atoms with van der Waals surface area (Å²) in [5.74, 6) is 1.28. The summed E-state index contributed by atoms with van der Waals surface area (Å²) in [6.07, 6.45) is 5.11. The van der Waals surface area contributed by atoms with Crippen LogP contribution in [0.4, 0.5) is 5.69 Å². The highest BCUT2D eigenvalue weighted by Crippen LogP contribution is 2.20. The van der Waals surface area contributed by atoms with Gasteiger partial charge in [-0.25, -0.2) is 4.98 Å². The van der Waals surface area contributed by atoms with Crippen LogP contribution in [0.3, 0.4) is 0 Å². The molecule has 1 saturated heterocycles. The Bertz CT molecular complexity index is 653. The minimum absolute atomic E-state index is 0. The molecular weight excluding hydrogens is 347 g/mol. The van der Waals surface area contributed by atoms with Gasteiger partial charge in [0.25, 0.3) is 0 Å². The summed E-state index contributed by atoms with van der Waals surface area (Å²) in [5.41, 5.74) is 2.81. The van der Waals surface area contributed by atoms with E-state index in [9.17, 15) is 4.79 Å². The Balaban J connectivity index is 0.00000144. The van der Waals surface area contributed by atoms with Crippen LogP contribution in [-0.4, -0.2) is 29.0 Å². The second-order valence-electron chi connectivity index (χ2n) is 6.03. The lowest BCUT2D eigenvalue weighted by atomic mass is 9.97. The molecule has 1 aromatic carbocycles. The van der Waals surface area contributed by atoms with Gasteiger partial charge in [0, 0.05) is 18.0 Å². The molecule has 1 aliphatic rings. The van der Waals surface area contributed by atoms with Crippen molar-refractivity contribution in [3.8, 4) is 0 Å². The first-order chi connectivity index (χ1) is 10.8. The molecule has 3 rings (SSSR count). The van der Waals surface area contributed by atoms with Crippen LogP contribution in [0.5, 0.6) is 0 Å². The van der Waals surface area contributed by atoms with E-state index in [4.69, 9.17) is 0 Å². The molecule has 0 atom stereocenters. The fraction of sp³-hybridized carbons (Fsp3) is 0.529. The van der Waals surface area contributed by atoms with Crippen LogP contribution in [0.2, 0.25) is 0 Å². The Hall–Kier alpha value is -1.30. The van der Waals surface area contributed by atoms with Crippen LogP contribution < -0.4 is 10.6 Å². The molecule has 134 valence electrons. The number of amides is 1. The molecule has 2 aromatic rings. The number of anilines is 1. The molecule has 0 saturated carbocycles. The monoisotopic (exact) mass is 372 g/mol. The first-order valence-electron chi connectivity index (χ1n) is 8.26. The maximum absolute atomic E-state index is 12.3. The van der Waals surface area contributed by atoms with Gasteiger partial charge >= 0.3 is 0 Å². The molecule has 7 heteroatoms. The fourth-order valence-electron chi connectivity index (χ4n) is 2.93. The van der Waals surface area contributed by atoms with E-state index in [0.717, 1.165) is 67.7 Å². The molecule has 0 radical (unpaired) electrons. The van der Waals surface area contributed by atoms with E-state index in [1.165, 1.54) is 0 Å². The van der Waals surface area contributed by atoms with Crippen LogP contribution in [0.25, 0.3) is 11.0 Å². The quantitative estimate of drug-likeness (QED) is 0.749. The number of nitrogens with zero attached hydrogens (tertiary/aromatic N) is 1. The predicted molar refractivity (Wildman–Crippen MR) is 103 cm³/mol. The maximum atomic E-state index is 12.3. The number of hydrogen-bond acceptors (Lipinski definition) is 3. The van der Waals surface area contributed by atoms with Crippen molar-refractivity contribution in [2.75, 3.05) is 18.4 Å². The van der Waals surface area contributed by atoms with E-state index in [1.807, 2.05) is 18.2 Å². The zero-order valence-corrected chi connectivity index (χ0v) is 15.6. The van der Waals surface area contributed by atoms with Crippen molar-refractivity contribution in [2.24, 2.45) is 5.92 Å². The molecule has 1 amide bonds. The number of hydrogen-bond donors (Lipinski definition) is 3. The van der Waals surface area contributed by atoms with Gasteiger partial charge in [0.2, 0.25) is 5.91 Å². The first-order valence-corrected chi connectivity index (χ1v) is 8.26.